The zero-order chi connectivity index (χ0) is 12.3. The van der Waals surface area contributed by atoms with Crippen LogP contribution in [0.3, 0.4) is 0 Å². The van der Waals surface area contributed by atoms with Gasteiger partial charge in [-0.1, -0.05) is 53.4 Å². The summed E-state index contributed by atoms with van der Waals surface area (Å²) in [6, 6.07) is 7.69. The van der Waals surface area contributed by atoms with Gasteiger partial charge in [-0.3, -0.25) is 4.79 Å². The molecule has 0 aromatic heterocycles. The molecule has 1 fully saturated rings. The summed E-state index contributed by atoms with van der Waals surface area (Å²) in [6.45, 7) is 0. The third-order valence-electron chi connectivity index (χ3n) is 3.51. The van der Waals surface area contributed by atoms with Crippen LogP contribution in [0.5, 0.6) is 0 Å². The second-order valence-electron chi connectivity index (χ2n) is 4.78. The number of Topliss-reactive ketones (excluding diaryl/α,β-unsaturated/α-hetero) is 1. The maximum Gasteiger partial charge on any atom is 0.168 e. The molecule has 0 saturated heterocycles. The molecule has 92 valence electrons. The number of halogens is 1. The smallest absolute Gasteiger partial charge is 0.168 e. The van der Waals surface area contributed by atoms with Gasteiger partial charge < -0.3 is 5.11 Å². The average molecular weight is 297 g/mol. The van der Waals surface area contributed by atoms with E-state index in [1.165, 1.54) is 0 Å². The molecule has 0 radical (unpaired) electrons. The molecule has 0 atom stereocenters. The van der Waals surface area contributed by atoms with Gasteiger partial charge in [-0.05, 0) is 24.5 Å². The van der Waals surface area contributed by atoms with Crippen molar-refractivity contribution < 1.29 is 9.90 Å². The minimum atomic E-state index is -1.08. The molecule has 0 heterocycles. The van der Waals surface area contributed by atoms with E-state index in [0.717, 1.165) is 29.3 Å². The van der Waals surface area contributed by atoms with Crippen molar-refractivity contribution in [3.63, 3.8) is 0 Å². The molecular weight excluding hydrogens is 280 g/mol. The summed E-state index contributed by atoms with van der Waals surface area (Å²) in [4.78, 5) is 12.2. The fourth-order valence-corrected chi connectivity index (χ4v) is 2.82. The first-order chi connectivity index (χ1) is 8.12. The van der Waals surface area contributed by atoms with Gasteiger partial charge in [0.2, 0.25) is 0 Å². The molecule has 0 unspecified atom stereocenters. The second-order valence-corrected chi connectivity index (χ2v) is 5.64. The lowest BCUT2D eigenvalue weighted by molar-refractivity contribution is -0.139. The first kappa shape index (κ1) is 12.8. The van der Waals surface area contributed by atoms with Gasteiger partial charge in [-0.2, -0.15) is 0 Å². The van der Waals surface area contributed by atoms with Crippen molar-refractivity contribution in [2.75, 3.05) is 0 Å². The Labute approximate surface area is 110 Å². The number of rotatable bonds is 3. The number of hydrogen-bond acceptors (Lipinski definition) is 2. The number of carbonyl (C=O) groups excluding carboxylic acids is 1. The molecule has 1 aliphatic rings. The zero-order valence-electron chi connectivity index (χ0n) is 9.79. The van der Waals surface area contributed by atoms with Crippen LogP contribution in [0, 0.1) is 0 Å². The number of ketones is 1. The van der Waals surface area contributed by atoms with Crippen molar-refractivity contribution >= 4 is 21.7 Å². The van der Waals surface area contributed by atoms with Gasteiger partial charge in [0.05, 0.1) is 0 Å². The minimum absolute atomic E-state index is 0.0379. The predicted octanol–water partition coefficient (Wildman–Crippen LogP) is 3.26. The van der Waals surface area contributed by atoms with E-state index in [4.69, 9.17) is 0 Å². The van der Waals surface area contributed by atoms with Crippen LogP contribution < -0.4 is 0 Å². The lowest BCUT2D eigenvalue weighted by Gasteiger charge is -2.30. The normalized spacial score (nSPS) is 18.9. The van der Waals surface area contributed by atoms with E-state index < -0.39 is 5.60 Å². The minimum Gasteiger partial charge on any atom is -0.382 e. The fraction of sp³-hybridized carbons (Fsp3) is 0.500. The Bertz CT molecular complexity index is 408. The van der Waals surface area contributed by atoms with Crippen LogP contribution >= 0.6 is 15.9 Å². The molecule has 0 spiro atoms. The number of benzene rings is 1. The molecule has 1 saturated carbocycles. The summed E-state index contributed by atoms with van der Waals surface area (Å²) < 4.78 is 0.938. The molecular formula is C14H17BrO2. The van der Waals surface area contributed by atoms with Crippen LogP contribution in [-0.4, -0.2) is 16.5 Å². The maximum atomic E-state index is 12.2. The quantitative estimate of drug-likeness (QED) is 0.930. The number of carbonyl (C=O) groups is 1. The fourth-order valence-electron chi connectivity index (χ4n) is 2.39. The van der Waals surface area contributed by atoms with E-state index in [1.54, 1.807) is 0 Å². The van der Waals surface area contributed by atoms with Crippen LogP contribution in [0.1, 0.15) is 37.7 Å². The zero-order valence-corrected chi connectivity index (χ0v) is 11.4. The van der Waals surface area contributed by atoms with Crippen molar-refractivity contribution in [1.29, 1.82) is 0 Å². The molecule has 3 heteroatoms. The van der Waals surface area contributed by atoms with Crippen LogP contribution in [-0.2, 0) is 11.2 Å². The molecule has 2 rings (SSSR count). The Balaban J connectivity index is 2.08. The lowest BCUT2D eigenvalue weighted by Crippen LogP contribution is -2.41. The van der Waals surface area contributed by atoms with E-state index in [0.29, 0.717) is 19.3 Å². The highest BCUT2D eigenvalue weighted by Crippen LogP contribution is 2.30. The standard InChI is InChI=1S/C14H17BrO2/c15-12-7-3-2-6-11(12)10-13(16)14(17)8-4-1-5-9-14/h2-3,6-7,17H,1,4-5,8-10H2. The molecule has 17 heavy (non-hydrogen) atoms. The highest BCUT2D eigenvalue weighted by Gasteiger charge is 2.36. The Morgan fingerprint density at radius 3 is 2.53 bits per heavy atom. The Morgan fingerprint density at radius 2 is 1.88 bits per heavy atom. The van der Waals surface area contributed by atoms with E-state index in [9.17, 15) is 9.90 Å². The first-order valence-electron chi connectivity index (χ1n) is 6.11. The monoisotopic (exact) mass is 296 g/mol. The van der Waals surface area contributed by atoms with Crippen molar-refractivity contribution in [3.05, 3.63) is 34.3 Å². The molecule has 0 amide bonds. The summed E-state index contributed by atoms with van der Waals surface area (Å²) in [7, 11) is 0. The predicted molar refractivity (Wildman–Crippen MR) is 70.9 cm³/mol. The summed E-state index contributed by atoms with van der Waals surface area (Å²) >= 11 is 3.43. The Morgan fingerprint density at radius 1 is 1.24 bits per heavy atom. The highest BCUT2D eigenvalue weighted by atomic mass is 79.9. The van der Waals surface area contributed by atoms with E-state index in [1.807, 2.05) is 24.3 Å². The van der Waals surface area contributed by atoms with Crippen molar-refractivity contribution in [2.45, 2.75) is 44.1 Å². The van der Waals surface area contributed by atoms with Crippen LogP contribution in [0.15, 0.2) is 28.7 Å². The van der Waals surface area contributed by atoms with Crippen molar-refractivity contribution in [2.24, 2.45) is 0 Å². The third-order valence-corrected chi connectivity index (χ3v) is 4.28. The molecule has 1 aromatic carbocycles. The van der Waals surface area contributed by atoms with Gasteiger partial charge in [-0.25, -0.2) is 0 Å². The SMILES string of the molecule is O=C(Cc1ccccc1Br)C1(O)CCCCC1. The summed E-state index contributed by atoms with van der Waals surface area (Å²) in [6.07, 6.45) is 4.60. The van der Waals surface area contributed by atoms with Gasteiger partial charge in [0, 0.05) is 10.9 Å². The van der Waals surface area contributed by atoms with Gasteiger partial charge >= 0.3 is 0 Å². The topological polar surface area (TPSA) is 37.3 Å². The van der Waals surface area contributed by atoms with Gasteiger partial charge in [-0.15, -0.1) is 0 Å². The van der Waals surface area contributed by atoms with E-state index in [-0.39, 0.29) is 5.78 Å². The van der Waals surface area contributed by atoms with Gasteiger partial charge in [0.15, 0.2) is 5.78 Å². The number of aliphatic hydroxyl groups is 1. The Kier molecular flexibility index (Phi) is 4.00. The largest absolute Gasteiger partial charge is 0.382 e. The highest BCUT2D eigenvalue weighted by molar-refractivity contribution is 9.10. The summed E-state index contributed by atoms with van der Waals surface area (Å²) in [5.74, 6) is -0.0379. The average Bonchev–Trinajstić information content (AvgIpc) is 2.33. The Hall–Kier alpha value is -0.670. The molecule has 1 aromatic rings. The van der Waals surface area contributed by atoms with Gasteiger partial charge in [0.1, 0.15) is 5.60 Å². The van der Waals surface area contributed by atoms with E-state index >= 15 is 0 Å². The molecule has 1 N–H and O–H groups in total. The summed E-state index contributed by atoms with van der Waals surface area (Å²) in [5, 5.41) is 10.3. The lowest BCUT2D eigenvalue weighted by atomic mass is 9.80. The summed E-state index contributed by atoms with van der Waals surface area (Å²) in [5.41, 5.74) is -0.121. The molecule has 0 aliphatic heterocycles. The second kappa shape index (κ2) is 5.32. The van der Waals surface area contributed by atoms with E-state index in [2.05, 4.69) is 15.9 Å². The van der Waals surface area contributed by atoms with Crippen molar-refractivity contribution in [1.82, 2.24) is 0 Å². The van der Waals surface area contributed by atoms with Crippen LogP contribution in [0.25, 0.3) is 0 Å². The maximum absolute atomic E-state index is 12.2. The third kappa shape index (κ3) is 2.96. The first-order valence-corrected chi connectivity index (χ1v) is 6.90. The van der Waals surface area contributed by atoms with Crippen molar-refractivity contribution in [3.8, 4) is 0 Å². The van der Waals surface area contributed by atoms with Crippen LogP contribution in [0.2, 0.25) is 0 Å². The number of hydrogen-bond donors (Lipinski definition) is 1. The molecule has 2 nitrogen and oxygen atoms in total. The van der Waals surface area contributed by atoms with Crippen LogP contribution in [0.4, 0.5) is 0 Å². The molecule has 0 bridgehead atoms. The molecule has 1 aliphatic carbocycles. The van der Waals surface area contributed by atoms with Gasteiger partial charge in [0.25, 0.3) is 0 Å².